The van der Waals surface area contributed by atoms with E-state index in [0.29, 0.717) is 6.61 Å². The molecule has 1 aromatic carbocycles. The van der Waals surface area contributed by atoms with Crippen molar-refractivity contribution in [2.75, 3.05) is 0 Å². The van der Waals surface area contributed by atoms with Gasteiger partial charge >= 0.3 is 0 Å². The Balaban J connectivity index is 1.83. The quantitative estimate of drug-likeness (QED) is 0.687. The molecule has 3 rings (SSSR count). The minimum Gasteiger partial charge on any atom is -0.487 e. The van der Waals surface area contributed by atoms with Gasteiger partial charge in [-0.3, -0.25) is 4.98 Å². The highest BCUT2D eigenvalue weighted by Crippen LogP contribution is 2.31. The molecule has 0 radical (unpaired) electrons. The topological polar surface area (TPSA) is 54.7 Å². The molecule has 4 heteroatoms. The smallest absolute Gasteiger partial charge is 0.130 e. The van der Waals surface area contributed by atoms with E-state index < -0.39 is 0 Å². The van der Waals surface area contributed by atoms with Crippen LogP contribution in [0.5, 0.6) is 5.75 Å². The fourth-order valence-electron chi connectivity index (χ4n) is 2.53. The SMILES string of the molecule is Cc1cccnc1COc1cccc2c1CC/C2=N\O. The van der Waals surface area contributed by atoms with Crippen LogP contribution in [0.25, 0.3) is 0 Å². The number of rotatable bonds is 3. The number of oxime groups is 1. The maximum atomic E-state index is 8.99. The van der Waals surface area contributed by atoms with Gasteiger partial charge in [-0.1, -0.05) is 23.4 Å². The van der Waals surface area contributed by atoms with E-state index >= 15 is 0 Å². The third kappa shape index (κ3) is 2.25. The first kappa shape index (κ1) is 12.7. The summed E-state index contributed by atoms with van der Waals surface area (Å²) >= 11 is 0. The van der Waals surface area contributed by atoms with Gasteiger partial charge in [0.25, 0.3) is 0 Å². The van der Waals surface area contributed by atoms with Crippen LogP contribution in [-0.4, -0.2) is 15.9 Å². The van der Waals surface area contributed by atoms with Crippen molar-refractivity contribution in [3.8, 4) is 5.75 Å². The van der Waals surface area contributed by atoms with Gasteiger partial charge in [0, 0.05) is 17.3 Å². The van der Waals surface area contributed by atoms with Gasteiger partial charge in [0.2, 0.25) is 0 Å². The molecular formula is C16H16N2O2. The Morgan fingerprint density at radius 1 is 1.25 bits per heavy atom. The second-order valence-corrected chi connectivity index (χ2v) is 4.88. The molecule has 0 saturated carbocycles. The zero-order chi connectivity index (χ0) is 13.9. The molecule has 102 valence electrons. The molecule has 1 aliphatic rings. The molecule has 0 amide bonds. The number of hydrogen-bond acceptors (Lipinski definition) is 4. The number of aryl methyl sites for hydroxylation is 1. The van der Waals surface area contributed by atoms with Crippen LogP contribution in [0, 0.1) is 6.92 Å². The highest BCUT2D eigenvalue weighted by Gasteiger charge is 2.21. The minimum absolute atomic E-state index is 0.453. The molecule has 1 aliphatic carbocycles. The third-order valence-electron chi connectivity index (χ3n) is 3.66. The summed E-state index contributed by atoms with van der Waals surface area (Å²) in [6.45, 7) is 2.48. The number of ether oxygens (including phenoxy) is 1. The van der Waals surface area contributed by atoms with E-state index in [1.54, 1.807) is 6.20 Å². The van der Waals surface area contributed by atoms with Crippen LogP contribution >= 0.6 is 0 Å². The van der Waals surface area contributed by atoms with Gasteiger partial charge in [-0.15, -0.1) is 0 Å². The van der Waals surface area contributed by atoms with Crippen molar-refractivity contribution in [1.29, 1.82) is 0 Å². The fraction of sp³-hybridized carbons (Fsp3) is 0.250. The van der Waals surface area contributed by atoms with Gasteiger partial charge in [0.15, 0.2) is 0 Å². The summed E-state index contributed by atoms with van der Waals surface area (Å²) in [4.78, 5) is 4.33. The Kier molecular flexibility index (Phi) is 3.37. The third-order valence-corrected chi connectivity index (χ3v) is 3.66. The first-order valence-electron chi connectivity index (χ1n) is 6.66. The monoisotopic (exact) mass is 268 g/mol. The largest absolute Gasteiger partial charge is 0.487 e. The Hall–Kier alpha value is -2.36. The minimum atomic E-state index is 0.453. The molecule has 0 atom stereocenters. The summed E-state index contributed by atoms with van der Waals surface area (Å²) in [7, 11) is 0. The average Bonchev–Trinajstić information content (AvgIpc) is 2.90. The summed E-state index contributed by atoms with van der Waals surface area (Å²) < 4.78 is 5.91. The summed E-state index contributed by atoms with van der Waals surface area (Å²) in [5, 5.41) is 12.3. The number of pyridine rings is 1. The van der Waals surface area contributed by atoms with Crippen molar-refractivity contribution in [2.24, 2.45) is 5.16 Å². The molecule has 1 heterocycles. The molecule has 0 unspecified atom stereocenters. The van der Waals surface area contributed by atoms with E-state index in [9.17, 15) is 0 Å². The highest BCUT2D eigenvalue weighted by molar-refractivity contribution is 6.04. The van der Waals surface area contributed by atoms with Gasteiger partial charge in [0.05, 0.1) is 11.4 Å². The number of benzene rings is 1. The zero-order valence-corrected chi connectivity index (χ0v) is 11.3. The van der Waals surface area contributed by atoms with E-state index in [1.807, 2.05) is 37.3 Å². The average molecular weight is 268 g/mol. The molecule has 0 bridgehead atoms. The number of hydrogen-bond donors (Lipinski definition) is 1. The Bertz CT molecular complexity index is 665. The van der Waals surface area contributed by atoms with E-state index in [1.165, 1.54) is 0 Å². The van der Waals surface area contributed by atoms with Crippen LogP contribution in [0.4, 0.5) is 0 Å². The number of nitrogens with zero attached hydrogens (tertiary/aromatic N) is 2. The van der Waals surface area contributed by atoms with Gasteiger partial charge in [0.1, 0.15) is 12.4 Å². The number of aromatic nitrogens is 1. The number of fused-ring (bicyclic) bond motifs is 1. The van der Waals surface area contributed by atoms with E-state index in [-0.39, 0.29) is 0 Å². The zero-order valence-electron chi connectivity index (χ0n) is 11.3. The second kappa shape index (κ2) is 5.33. The first-order valence-corrected chi connectivity index (χ1v) is 6.66. The molecule has 2 aromatic rings. The molecular weight excluding hydrogens is 252 g/mol. The maximum absolute atomic E-state index is 8.99. The molecule has 4 nitrogen and oxygen atoms in total. The second-order valence-electron chi connectivity index (χ2n) is 4.88. The van der Waals surface area contributed by atoms with Crippen LogP contribution in [-0.2, 0) is 13.0 Å². The summed E-state index contributed by atoms with van der Waals surface area (Å²) in [6, 6.07) is 9.80. The van der Waals surface area contributed by atoms with Crippen LogP contribution < -0.4 is 4.74 Å². The molecule has 0 saturated heterocycles. The molecule has 20 heavy (non-hydrogen) atoms. The van der Waals surface area contributed by atoms with E-state index in [0.717, 1.165) is 46.7 Å². The van der Waals surface area contributed by atoms with Crippen LogP contribution in [0.3, 0.4) is 0 Å². The summed E-state index contributed by atoms with van der Waals surface area (Å²) in [5.74, 6) is 0.853. The van der Waals surface area contributed by atoms with Crippen LogP contribution in [0.15, 0.2) is 41.7 Å². The Morgan fingerprint density at radius 3 is 2.95 bits per heavy atom. The Morgan fingerprint density at radius 2 is 2.15 bits per heavy atom. The van der Waals surface area contributed by atoms with Gasteiger partial charge in [-0.2, -0.15) is 0 Å². The van der Waals surface area contributed by atoms with Gasteiger partial charge in [-0.25, -0.2) is 0 Å². The lowest BCUT2D eigenvalue weighted by atomic mass is 10.1. The predicted molar refractivity (Wildman–Crippen MR) is 76.4 cm³/mol. The lowest BCUT2D eigenvalue weighted by Gasteiger charge is -2.11. The van der Waals surface area contributed by atoms with Crippen molar-refractivity contribution < 1.29 is 9.94 Å². The van der Waals surface area contributed by atoms with Crippen LogP contribution in [0.2, 0.25) is 0 Å². The molecule has 0 fully saturated rings. The first-order chi connectivity index (χ1) is 9.79. The normalized spacial score (nSPS) is 15.3. The van der Waals surface area contributed by atoms with Gasteiger partial charge < -0.3 is 9.94 Å². The van der Waals surface area contributed by atoms with Gasteiger partial charge in [-0.05, 0) is 37.5 Å². The van der Waals surface area contributed by atoms with E-state index in [4.69, 9.17) is 9.94 Å². The molecule has 1 N–H and O–H groups in total. The van der Waals surface area contributed by atoms with Crippen LogP contribution in [0.1, 0.15) is 28.8 Å². The van der Waals surface area contributed by atoms with Crippen molar-refractivity contribution in [3.05, 3.63) is 58.9 Å². The summed E-state index contributed by atoms with van der Waals surface area (Å²) in [6.07, 6.45) is 3.39. The molecule has 0 aliphatic heterocycles. The molecule has 1 aromatic heterocycles. The lowest BCUT2D eigenvalue weighted by molar-refractivity contribution is 0.297. The van der Waals surface area contributed by atoms with Crippen molar-refractivity contribution in [1.82, 2.24) is 4.98 Å². The summed E-state index contributed by atoms with van der Waals surface area (Å²) in [5.41, 5.74) is 4.91. The van der Waals surface area contributed by atoms with E-state index in [2.05, 4.69) is 10.1 Å². The van der Waals surface area contributed by atoms with Crippen molar-refractivity contribution in [3.63, 3.8) is 0 Å². The maximum Gasteiger partial charge on any atom is 0.130 e. The fourth-order valence-corrected chi connectivity index (χ4v) is 2.53. The lowest BCUT2D eigenvalue weighted by Crippen LogP contribution is -2.02. The van der Waals surface area contributed by atoms with Crippen molar-refractivity contribution >= 4 is 5.71 Å². The standard InChI is InChI=1S/C16H16N2O2/c1-11-4-3-9-17-15(11)10-20-16-6-2-5-12-13(16)7-8-14(12)18-19/h2-6,9,19H,7-8,10H2,1H3/b18-14+. The van der Waals surface area contributed by atoms with Crippen molar-refractivity contribution in [2.45, 2.75) is 26.4 Å². The molecule has 0 spiro atoms. The Labute approximate surface area is 117 Å². The highest BCUT2D eigenvalue weighted by atomic mass is 16.5. The predicted octanol–water partition coefficient (Wildman–Crippen LogP) is 3.09.